The highest BCUT2D eigenvalue weighted by molar-refractivity contribution is 5.99. The summed E-state index contributed by atoms with van der Waals surface area (Å²) in [6, 6.07) is 8.33. The Bertz CT molecular complexity index is 912. The number of piperazine rings is 1. The second kappa shape index (κ2) is 9.00. The molecule has 2 N–H and O–H groups in total. The molecule has 8 heteroatoms. The summed E-state index contributed by atoms with van der Waals surface area (Å²) in [5.74, 6) is -2.96. The zero-order valence-electron chi connectivity index (χ0n) is 16.5. The number of carbonyl (C=O) groups is 2. The van der Waals surface area contributed by atoms with E-state index in [-0.39, 0.29) is 12.1 Å². The molecule has 29 heavy (non-hydrogen) atoms. The van der Waals surface area contributed by atoms with Crippen LogP contribution < -0.4 is 15.5 Å². The average molecular weight is 402 g/mol. The number of likely N-dealkylation sites (N-methyl/N-ethyl adjacent to an activating group) is 1. The number of hydrogen-bond acceptors (Lipinski definition) is 4. The number of hydrogen-bond donors (Lipinski definition) is 2. The van der Waals surface area contributed by atoms with E-state index in [1.807, 2.05) is 25.1 Å². The predicted octanol–water partition coefficient (Wildman–Crippen LogP) is 2.39. The van der Waals surface area contributed by atoms with Gasteiger partial charge in [-0.15, -0.1) is 0 Å². The number of carbonyl (C=O) groups excluding carboxylic acids is 2. The van der Waals surface area contributed by atoms with Crippen LogP contribution in [0.25, 0.3) is 0 Å². The topological polar surface area (TPSA) is 64.7 Å². The van der Waals surface area contributed by atoms with Gasteiger partial charge >= 0.3 is 0 Å². The molecule has 2 aromatic rings. The van der Waals surface area contributed by atoms with Crippen LogP contribution in [0.5, 0.6) is 0 Å². The summed E-state index contributed by atoms with van der Waals surface area (Å²) < 4.78 is 26.5. The van der Waals surface area contributed by atoms with Crippen LogP contribution in [0.15, 0.2) is 36.4 Å². The number of amides is 2. The molecule has 0 saturated carbocycles. The van der Waals surface area contributed by atoms with Crippen molar-refractivity contribution in [2.45, 2.75) is 6.92 Å². The van der Waals surface area contributed by atoms with Gasteiger partial charge in [0.1, 0.15) is 11.6 Å². The number of anilines is 2. The summed E-state index contributed by atoms with van der Waals surface area (Å²) in [4.78, 5) is 28.7. The van der Waals surface area contributed by atoms with E-state index in [1.165, 1.54) is 0 Å². The van der Waals surface area contributed by atoms with Gasteiger partial charge in [-0.3, -0.25) is 9.59 Å². The quantitative estimate of drug-likeness (QED) is 0.806. The third kappa shape index (κ3) is 5.29. The minimum absolute atomic E-state index is 0.313. The molecule has 154 valence electrons. The van der Waals surface area contributed by atoms with Gasteiger partial charge in [0.05, 0.1) is 12.1 Å². The van der Waals surface area contributed by atoms with Crippen LogP contribution in [0.2, 0.25) is 0 Å². The second-order valence-corrected chi connectivity index (χ2v) is 7.15. The zero-order chi connectivity index (χ0) is 21.0. The molecule has 2 aromatic carbocycles. The third-order valence-electron chi connectivity index (χ3n) is 4.91. The Balaban J connectivity index is 1.55. The van der Waals surface area contributed by atoms with Crippen molar-refractivity contribution in [3.8, 4) is 0 Å². The second-order valence-electron chi connectivity index (χ2n) is 7.15. The molecule has 0 aromatic heterocycles. The van der Waals surface area contributed by atoms with Gasteiger partial charge in [0.25, 0.3) is 5.91 Å². The summed E-state index contributed by atoms with van der Waals surface area (Å²) in [6.07, 6.45) is 0. The Morgan fingerprint density at radius 1 is 1.03 bits per heavy atom. The maximum Gasteiger partial charge on any atom is 0.254 e. The standard InChI is InChI=1S/C21H24F2N4O2/c1-14-11-16(4-6-19(14)27-9-7-26(2)8-10-27)25-20(28)13-24-21(29)17-5-3-15(22)12-18(17)23/h3-6,11-12H,7-10,13H2,1-2H3,(H,24,29)(H,25,28). The van der Waals surface area contributed by atoms with Crippen molar-refractivity contribution in [3.63, 3.8) is 0 Å². The largest absolute Gasteiger partial charge is 0.369 e. The molecule has 6 nitrogen and oxygen atoms in total. The lowest BCUT2D eigenvalue weighted by molar-refractivity contribution is -0.115. The maximum absolute atomic E-state index is 13.6. The fourth-order valence-corrected chi connectivity index (χ4v) is 3.27. The molecule has 2 amide bonds. The van der Waals surface area contributed by atoms with E-state index >= 15 is 0 Å². The molecule has 0 atom stereocenters. The van der Waals surface area contributed by atoms with Gasteiger partial charge in [0.15, 0.2) is 0 Å². The molecule has 3 rings (SSSR count). The molecule has 0 spiro atoms. The summed E-state index contributed by atoms with van der Waals surface area (Å²) in [6.45, 7) is 5.58. The number of benzene rings is 2. The highest BCUT2D eigenvalue weighted by atomic mass is 19.1. The van der Waals surface area contributed by atoms with Gasteiger partial charge in [0, 0.05) is 43.6 Å². The van der Waals surface area contributed by atoms with E-state index < -0.39 is 23.4 Å². The lowest BCUT2D eigenvalue weighted by Gasteiger charge is -2.35. The van der Waals surface area contributed by atoms with Crippen LogP contribution in [0, 0.1) is 18.6 Å². The normalized spacial score (nSPS) is 14.6. The molecule has 1 aliphatic heterocycles. The monoisotopic (exact) mass is 402 g/mol. The van der Waals surface area contributed by atoms with Crippen LogP contribution in [0.3, 0.4) is 0 Å². The molecule has 1 aliphatic rings. The van der Waals surface area contributed by atoms with E-state index in [0.29, 0.717) is 11.8 Å². The van der Waals surface area contributed by atoms with Crippen molar-refractivity contribution in [1.82, 2.24) is 10.2 Å². The van der Waals surface area contributed by atoms with Gasteiger partial charge in [-0.25, -0.2) is 8.78 Å². The molecule has 1 heterocycles. The fraction of sp³-hybridized carbons (Fsp3) is 0.333. The van der Waals surface area contributed by atoms with Gasteiger partial charge in [-0.1, -0.05) is 0 Å². The third-order valence-corrected chi connectivity index (χ3v) is 4.91. The summed E-state index contributed by atoms with van der Waals surface area (Å²) in [5.41, 5.74) is 2.49. The van der Waals surface area contributed by atoms with Crippen LogP contribution in [-0.4, -0.2) is 56.5 Å². The molecule has 0 radical (unpaired) electrons. The SMILES string of the molecule is Cc1cc(NC(=O)CNC(=O)c2ccc(F)cc2F)ccc1N1CCN(C)CC1. The van der Waals surface area contributed by atoms with Crippen molar-refractivity contribution in [2.75, 3.05) is 50.0 Å². The van der Waals surface area contributed by atoms with Crippen molar-refractivity contribution in [1.29, 1.82) is 0 Å². The Morgan fingerprint density at radius 3 is 2.41 bits per heavy atom. The van der Waals surface area contributed by atoms with Gasteiger partial charge < -0.3 is 20.4 Å². The molecular weight excluding hydrogens is 378 g/mol. The Hall–Kier alpha value is -3.00. The first-order valence-corrected chi connectivity index (χ1v) is 9.41. The van der Waals surface area contributed by atoms with E-state index in [9.17, 15) is 18.4 Å². The van der Waals surface area contributed by atoms with Crippen molar-refractivity contribution < 1.29 is 18.4 Å². The highest BCUT2D eigenvalue weighted by Gasteiger charge is 2.17. The zero-order valence-corrected chi connectivity index (χ0v) is 16.5. The van der Waals surface area contributed by atoms with Gasteiger partial charge in [-0.2, -0.15) is 0 Å². The Labute approximate surface area is 168 Å². The van der Waals surface area contributed by atoms with Crippen molar-refractivity contribution in [2.24, 2.45) is 0 Å². The minimum Gasteiger partial charge on any atom is -0.369 e. The number of halogens is 2. The van der Waals surface area contributed by atoms with Gasteiger partial charge in [0.2, 0.25) is 5.91 Å². The van der Waals surface area contributed by atoms with E-state index in [0.717, 1.165) is 49.6 Å². The summed E-state index contributed by atoms with van der Waals surface area (Å²) in [5, 5.41) is 5.05. The molecule has 0 aliphatic carbocycles. The first-order chi connectivity index (χ1) is 13.8. The average Bonchev–Trinajstić information content (AvgIpc) is 2.67. The van der Waals surface area contributed by atoms with Crippen LogP contribution in [0.1, 0.15) is 15.9 Å². The molecule has 1 saturated heterocycles. The number of nitrogens with zero attached hydrogens (tertiary/aromatic N) is 2. The first kappa shape index (κ1) is 20.7. The predicted molar refractivity (Wildman–Crippen MR) is 108 cm³/mol. The smallest absolute Gasteiger partial charge is 0.254 e. The fourth-order valence-electron chi connectivity index (χ4n) is 3.27. The molecular formula is C21H24F2N4O2. The molecule has 1 fully saturated rings. The summed E-state index contributed by atoms with van der Waals surface area (Å²) in [7, 11) is 2.10. The highest BCUT2D eigenvalue weighted by Crippen LogP contribution is 2.24. The van der Waals surface area contributed by atoms with E-state index in [2.05, 4.69) is 27.5 Å². The Kier molecular flexibility index (Phi) is 6.43. The maximum atomic E-state index is 13.6. The van der Waals surface area contributed by atoms with Crippen molar-refractivity contribution >= 4 is 23.2 Å². The lowest BCUT2D eigenvalue weighted by Crippen LogP contribution is -2.44. The first-order valence-electron chi connectivity index (χ1n) is 9.41. The number of nitrogens with one attached hydrogen (secondary N) is 2. The van der Waals surface area contributed by atoms with Crippen LogP contribution in [0.4, 0.5) is 20.2 Å². The molecule has 0 unspecified atom stereocenters. The van der Waals surface area contributed by atoms with Crippen LogP contribution in [-0.2, 0) is 4.79 Å². The lowest BCUT2D eigenvalue weighted by atomic mass is 10.1. The van der Waals surface area contributed by atoms with Crippen LogP contribution >= 0.6 is 0 Å². The Morgan fingerprint density at radius 2 is 1.76 bits per heavy atom. The van der Waals surface area contributed by atoms with E-state index in [4.69, 9.17) is 0 Å². The minimum atomic E-state index is -0.974. The van der Waals surface area contributed by atoms with Crippen molar-refractivity contribution in [3.05, 3.63) is 59.2 Å². The number of rotatable bonds is 5. The molecule has 0 bridgehead atoms. The summed E-state index contributed by atoms with van der Waals surface area (Å²) >= 11 is 0. The van der Waals surface area contributed by atoms with Gasteiger partial charge in [-0.05, 0) is 49.9 Å². The number of aryl methyl sites for hydroxylation is 1. The van der Waals surface area contributed by atoms with E-state index in [1.54, 1.807) is 0 Å².